The maximum Gasteiger partial charge on any atom is 0.224 e. The van der Waals surface area contributed by atoms with Gasteiger partial charge in [-0.25, -0.2) is 0 Å². The predicted molar refractivity (Wildman–Crippen MR) is 134 cm³/mol. The molecule has 0 aliphatic rings. The van der Waals surface area contributed by atoms with Crippen molar-refractivity contribution in [1.82, 2.24) is 0 Å². The fraction of sp³-hybridized carbons (Fsp3) is 0.333. The summed E-state index contributed by atoms with van der Waals surface area (Å²) in [6, 6.07) is 14.7. The molecule has 0 heterocycles. The number of rotatable bonds is 16. The van der Waals surface area contributed by atoms with Crippen molar-refractivity contribution in [2.24, 2.45) is 0 Å². The van der Waals surface area contributed by atoms with Crippen LogP contribution in [0.15, 0.2) is 73.8 Å². The van der Waals surface area contributed by atoms with Gasteiger partial charge in [0.2, 0.25) is 11.8 Å². The van der Waals surface area contributed by atoms with Gasteiger partial charge in [-0.2, -0.15) is 0 Å². The van der Waals surface area contributed by atoms with Crippen molar-refractivity contribution >= 4 is 23.2 Å². The van der Waals surface area contributed by atoms with E-state index in [1.165, 1.54) is 0 Å². The van der Waals surface area contributed by atoms with Crippen LogP contribution in [-0.4, -0.2) is 25.0 Å². The maximum absolute atomic E-state index is 12.2. The van der Waals surface area contributed by atoms with Crippen LogP contribution in [0.2, 0.25) is 0 Å². The third kappa shape index (κ3) is 10.1. The molecule has 2 aromatic carbocycles. The lowest BCUT2D eigenvalue weighted by atomic mass is 10.1. The number of hydrogen-bond acceptors (Lipinski definition) is 4. The first kappa shape index (κ1) is 25.7. The number of benzene rings is 2. The minimum Gasteiger partial charge on any atom is -0.487 e. The Morgan fingerprint density at radius 1 is 0.667 bits per heavy atom. The summed E-state index contributed by atoms with van der Waals surface area (Å²) in [4.78, 5) is 24.5. The number of unbranched alkanes of at least 4 members (excludes halogenated alkanes) is 4. The van der Waals surface area contributed by atoms with Crippen LogP contribution in [0, 0.1) is 0 Å². The smallest absolute Gasteiger partial charge is 0.224 e. The Kier molecular flexibility index (Phi) is 11.9. The molecule has 2 aromatic rings. The largest absolute Gasteiger partial charge is 0.487 e. The summed E-state index contributed by atoms with van der Waals surface area (Å²) < 4.78 is 11.1. The first-order valence-electron chi connectivity index (χ1n) is 11.4. The van der Waals surface area contributed by atoms with Crippen molar-refractivity contribution in [3.8, 4) is 11.5 Å². The van der Waals surface area contributed by atoms with E-state index in [4.69, 9.17) is 9.47 Å². The number of carbonyl (C=O) groups excluding carboxylic acids is 2. The lowest BCUT2D eigenvalue weighted by molar-refractivity contribution is -0.117. The fourth-order valence-corrected chi connectivity index (χ4v) is 3.22. The lowest BCUT2D eigenvalue weighted by Gasteiger charge is -2.11. The van der Waals surface area contributed by atoms with Crippen LogP contribution < -0.4 is 20.1 Å². The van der Waals surface area contributed by atoms with E-state index in [9.17, 15) is 9.59 Å². The summed E-state index contributed by atoms with van der Waals surface area (Å²) >= 11 is 0. The van der Waals surface area contributed by atoms with E-state index in [0.29, 0.717) is 48.9 Å². The zero-order chi connectivity index (χ0) is 23.7. The molecule has 2 rings (SSSR count). The molecular formula is C27H34N2O4. The molecule has 0 saturated heterocycles. The molecule has 6 nitrogen and oxygen atoms in total. The molecule has 0 unspecified atom stereocenters. The van der Waals surface area contributed by atoms with Gasteiger partial charge in [0, 0.05) is 12.8 Å². The van der Waals surface area contributed by atoms with Crippen LogP contribution in [0.25, 0.3) is 0 Å². The second kappa shape index (κ2) is 15.3. The van der Waals surface area contributed by atoms with E-state index in [1.54, 1.807) is 12.2 Å². The van der Waals surface area contributed by atoms with Gasteiger partial charge in [0.1, 0.15) is 24.7 Å². The summed E-state index contributed by atoms with van der Waals surface area (Å²) in [6.07, 6.45) is 8.74. The minimum absolute atomic E-state index is 0.0265. The monoisotopic (exact) mass is 450 g/mol. The van der Waals surface area contributed by atoms with E-state index in [-0.39, 0.29) is 11.8 Å². The zero-order valence-corrected chi connectivity index (χ0v) is 19.2. The van der Waals surface area contributed by atoms with Crippen molar-refractivity contribution in [2.45, 2.75) is 44.9 Å². The number of hydrogen-bond donors (Lipinski definition) is 2. The number of ether oxygens (including phenoxy) is 2. The molecule has 6 heteroatoms. The Labute approximate surface area is 196 Å². The first-order valence-corrected chi connectivity index (χ1v) is 11.4. The van der Waals surface area contributed by atoms with E-state index in [0.717, 1.165) is 32.1 Å². The number of carbonyl (C=O) groups is 2. The molecule has 2 amide bonds. The molecular weight excluding hydrogens is 416 g/mol. The summed E-state index contributed by atoms with van der Waals surface area (Å²) in [5.41, 5.74) is 1.35. The topological polar surface area (TPSA) is 76.7 Å². The Morgan fingerprint density at radius 2 is 1.06 bits per heavy atom. The standard InChI is InChI=1S/C27H34N2O4/c1-3-20-32-24-16-12-10-14-22(24)28-26(30)18-8-6-5-7-9-19-27(31)29-23-15-11-13-17-25(23)33-21-4-2/h3-4,10-17H,1-2,5-9,18-21H2,(H,28,30)(H,29,31). The van der Waals surface area contributed by atoms with Gasteiger partial charge >= 0.3 is 0 Å². The van der Waals surface area contributed by atoms with Gasteiger partial charge in [0.15, 0.2) is 0 Å². The first-order chi connectivity index (χ1) is 16.1. The highest BCUT2D eigenvalue weighted by Gasteiger charge is 2.09. The zero-order valence-electron chi connectivity index (χ0n) is 19.2. The van der Waals surface area contributed by atoms with Crippen molar-refractivity contribution in [3.63, 3.8) is 0 Å². The summed E-state index contributed by atoms with van der Waals surface area (Å²) in [5.74, 6) is 1.22. The third-order valence-corrected chi connectivity index (χ3v) is 4.84. The Morgan fingerprint density at radius 3 is 1.48 bits per heavy atom. The molecule has 0 spiro atoms. The molecule has 0 bridgehead atoms. The van der Waals surface area contributed by atoms with Crippen LogP contribution in [0.1, 0.15) is 44.9 Å². The lowest BCUT2D eigenvalue weighted by Crippen LogP contribution is -2.12. The molecule has 0 aromatic heterocycles. The van der Waals surface area contributed by atoms with Crippen LogP contribution in [0.4, 0.5) is 11.4 Å². The quantitative estimate of drug-likeness (QED) is 0.238. The van der Waals surface area contributed by atoms with Crippen LogP contribution in [-0.2, 0) is 9.59 Å². The average molecular weight is 451 g/mol. The van der Waals surface area contributed by atoms with E-state index in [1.807, 2.05) is 48.5 Å². The van der Waals surface area contributed by atoms with Crippen molar-refractivity contribution in [3.05, 3.63) is 73.8 Å². The van der Waals surface area contributed by atoms with Gasteiger partial charge in [-0.05, 0) is 37.1 Å². The number of anilines is 2. The Bertz CT molecular complexity index is 837. The summed E-state index contributed by atoms with van der Waals surface area (Å²) in [7, 11) is 0. The van der Waals surface area contributed by atoms with Crippen LogP contribution >= 0.6 is 0 Å². The van der Waals surface area contributed by atoms with Gasteiger partial charge in [-0.1, -0.05) is 68.8 Å². The Hall–Kier alpha value is -3.54. The average Bonchev–Trinajstić information content (AvgIpc) is 2.82. The van der Waals surface area contributed by atoms with Gasteiger partial charge < -0.3 is 20.1 Å². The predicted octanol–water partition coefficient (Wildman–Crippen LogP) is 6.12. The second-order valence-corrected chi connectivity index (χ2v) is 7.56. The fourth-order valence-electron chi connectivity index (χ4n) is 3.22. The normalized spacial score (nSPS) is 10.2. The highest BCUT2D eigenvalue weighted by atomic mass is 16.5. The molecule has 0 aliphatic carbocycles. The molecule has 0 fully saturated rings. The molecule has 0 aliphatic heterocycles. The van der Waals surface area contributed by atoms with Crippen molar-refractivity contribution in [2.75, 3.05) is 23.8 Å². The van der Waals surface area contributed by atoms with E-state index >= 15 is 0 Å². The van der Waals surface area contributed by atoms with E-state index in [2.05, 4.69) is 23.8 Å². The second-order valence-electron chi connectivity index (χ2n) is 7.56. The van der Waals surface area contributed by atoms with Crippen LogP contribution in [0.5, 0.6) is 11.5 Å². The van der Waals surface area contributed by atoms with Crippen molar-refractivity contribution < 1.29 is 19.1 Å². The highest BCUT2D eigenvalue weighted by molar-refractivity contribution is 5.92. The highest BCUT2D eigenvalue weighted by Crippen LogP contribution is 2.25. The minimum atomic E-state index is -0.0265. The third-order valence-electron chi connectivity index (χ3n) is 4.84. The SMILES string of the molecule is C=CCOc1ccccc1NC(=O)CCCCCCCC(=O)Nc1ccccc1OCC=C. The summed E-state index contributed by atoms with van der Waals surface area (Å²) in [5, 5.41) is 5.82. The number of para-hydroxylation sites is 4. The molecule has 33 heavy (non-hydrogen) atoms. The summed E-state index contributed by atoms with van der Waals surface area (Å²) in [6.45, 7) is 8.05. The molecule has 2 N–H and O–H groups in total. The molecule has 0 radical (unpaired) electrons. The van der Waals surface area contributed by atoms with Gasteiger partial charge in [-0.15, -0.1) is 0 Å². The van der Waals surface area contributed by atoms with Crippen LogP contribution in [0.3, 0.4) is 0 Å². The van der Waals surface area contributed by atoms with Gasteiger partial charge in [0.25, 0.3) is 0 Å². The van der Waals surface area contributed by atoms with Crippen molar-refractivity contribution in [1.29, 1.82) is 0 Å². The Balaban J connectivity index is 1.59. The molecule has 176 valence electrons. The van der Waals surface area contributed by atoms with Gasteiger partial charge in [-0.3, -0.25) is 9.59 Å². The number of amides is 2. The van der Waals surface area contributed by atoms with Gasteiger partial charge in [0.05, 0.1) is 11.4 Å². The molecule has 0 saturated carbocycles. The van der Waals surface area contributed by atoms with E-state index < -0.39 is 0 Å². The molecule has 0 atom stereocenters. The maximum atomic E-state index is 12.2. The number of nitrogens with one attached hydrogen (secondary N) is 2.